The van der Waals surface area contributed by atoms with E-state index in [1.807, 2.05) is 0 Å². The van der Waals surface area contributed by atoms with Gasteiger partial charge in [-0.1, -0.05) is 6.92 Å². The molecule has 0 bridgehead atoms. The van der Waals surface area contributed by atoms with Gasteiger partial charge in [0.2, 0.25) is 0 Å². The maximum absolute atomic E-state index is 8.64. The second-order valence-electron chi connectivity index (χ2n) is 2.47. The molecule has 0 aromatic carbocycles. The highest BCUT2D eigenvalue weighted by molar-refractivity contribution is 7.07. The minimum Gasteiger partial charge on any atom is -0.396 e. The lowest BCUT2D eigenvalue weighted by Crippen LogP contribution is -1.93. The molecule has 0 aliphatic rings. The van der Waals surface area contributed by atoms with Crippen molar-refractivity contribution >= 4 is 11.3 Å². The monoisotopic (exact) mass is 156 g/mol. The average molecular weight is 156 g/mol. The summed E-state index contributed by atoms with van der Waals surface area (Å²) in [6.45, 7) is 2.43. The molecule has 10 heavy (non-hydrogen) atoms. The van der Waals surface area contributed by atoms with Crippen LogP contribution in [0.3, 0.4) is 0 Å². The van der Waals surface area contributed by atoms with Crippen molar-refractivity contribution in [2.75, 3.05) is 6.61 Å². The number of thiophene rings is 1. The third-order valence-corrected chi connectivity index (χ3v) is 2.38. The summed E-state index contributed by atoms with van der Waals surface area (Å²) in [6.07, 6.45) is 0.872. The van der Waals surface area contributed by atoms with Crippen LogP contribution in [-0.4, -0.2) is 11.7 Å². The molecule has 1 aromatic heterocycles. The predicted molar refractivity (Wildman–Crippen MR) is 44.4 cm³/mol. The first-order chi connectivity index (χ1) is 4.84. The Bertz CT molecular complexity index is 169. The third-order valence-electron chi connectivity index (χ3n) is 1.67. The van der Waals surface area contributed by atoms with Crippen LogP contribution in [-0.2, 0) is 0 Å². The Morgan fingerprint density at radius 3 is 3.00 bits per heavy atom. The lowest BCUT2D eigenvalue weighted by Gasteiger charge is -2.05. The lowest BCUT2D eigenvalue weighted by molar-refractivity contribution is 0.279. The molecule has 0 amide bonds. The van der Waals surface area contributed by atoms with Gasteiger partial charge in [-0.05, 0) is 34.7 Å². The van der Waals surface area contributed by atoms with Crippen molar-refractivity contribution in [1.29, 1.82) is 0 Å². The predicted octanol–water partition coefficient (Wildman–Crippen LogP) is 2.23. The fourth-order valence-corrected chi connectivity index (χ4v) is 1.70. The highest BCUT2D eigenvalue weighted by atomic mass is 32.1. The van der Waals surface area contributed by atoms with Crippen LogP contribution in [0.2, 0.25) is 0 Å². The molecule has 1 N–H and O–H groups in total. The normalized spacial score (nSPS) is 13.4. The minimum atomic E-state index is 0.289. The van der Waals surface area contributed by atoms with Crippen molar-refractivity contribution in [3.8, 4) is 0 Å². The fraction of sp³-hybridized carbons (Fsp3) is 0.500. The summed E-state index contributed by atoms with van der Waals surface area (Å²) in [7, 11) is 0. The molecule has 1 atom stereocenters. The molecule has 0 fully saturated rings. The Morgan fingerprint density at radius 1 is 1.70 bits per heavy atom. The van der Waals surface area contributed by atoms with Crippen LogP contribution in [0.4, 0.5) is 0 Å². The number of rotatable bonds is 3. The van der Waals surface area contributed by atoms with Gasteiger partial charge in [-0.15, -0.1) is 0 Å². The standard InChI is InChI=1S/C8H12OS/c1-7(2-4-9)8-3-5-10-6-8/h3,5-7,9H,2,4H2,1H3. The highest BCUT2D eigenvalue weighted by Crippen LogP contribution is 2.20. The van der Waals surface area contributed by atoms with Gasteiger partial charge in [0, 0.05) is 6.61 Å². The number of aliphatic hydroxyl groups is 1. The van der Waals surface area contributed by atoms with Crippen molar-refractivity contribution in [3.05, 3.63) is 22.4 Å². The summed E-state index contributed by atoms with van der Waals surface area (Å²) in [6, 6.07) is 2.12. The van der Waals surface area contributed by atoms with Gasteiger partial charge in [0.1, 0.15) is 0 Å². The Kier molecular flexibility index (Phi) is 2.90. The lowest BCUT2D eigenvalue weighted by atomic mass is 10.0. The van der Waals surface area contributed by atoms with Crippen LogP contribution >= 0.6 is 11.3 Å². The zero-order valence-electron chi connectivity index (χ0n) is 6.08. The maximum Gasteiger partial charge on any atom is 0.0436 e. The van der Waals surface area contributed by atoms with E-state index in [-0.39, 0.29) is 6.61 Å². The van der Waals surface area contributed by atoms with Crippen molar-refractivity contribution in [2.45, 2.75) is 19.3 Å². The van der Waals surface area contributed by atoms with E-state index in [1.165, 1.54) is 5.56 Å². The first-order valence-corrected chi connectivity index (χ1v) is 4.42. The molecule has 1 nitrogen and oxygen atoms in total. The largest absolute Gasteiger partial charge is 0.396 e. The van der Waals surface area contributed by atoms with E-state index in [2.05, 4.69) is 23.8 Å². The van der Waals surface area contributed by atoms with Gasteiger partial charge in [0.15, 0.2) is 0 Å². The molecule has 1 rings (SSSR count). The van der Waals surface area contributed by atoms with Gasteiger partial charge in [-0.3, -0.25) is 0 Å². The van der Waals surface area contributed by atoms with Gasteiger partial charge < -0.3 is 5.11 Å². The Labute approximate surface area is 65.3 Å². The quantitative estimate of drug-likeness (QED) is 0.711. The Balaban J connectivity index is 2.50. The van der Waals surface area contributed by atoms with Crippen LogP contribution in [0, 0.1) is 0 Å². The van der Waals surface area contributed by atoms with Crippen molar-refractivity contribution in [1.82, 2.24) is 0 Å². The van der Waals surface area contributed by atoms with E-state index in [0.29, 0.717) is 5.92 Å². The van der Waals surface area contributed by atoms with E-state index in [0.717, 1.165) is 6.42 Å². The van der Waals surface area contributed by atoms with E-state index >= 15 is 0 Å². The molecule has 1 unspecified atom stereocenters. The molecule has 0 aliphatic carbocycles. The van der Waals surface area contributed by atoms with Gasteiger partial charge in [0.25, 0.3) is 0 Å². The minimum absolute atomic E-state index is 0.289. The smallest absolute Gasteiger partial charge is 0.0436 e. The average Bonchev–Trinajstić information content (AvgIpc) is 2.38. The van der Waals surface area contributed by atoms with Gasteiger partial charge in [-0.25, -0.2) is 0 Å². The molecule has 0 saturated heterocycles. The van der Waals surface area contributed by atoms with Gasteiger partial charge in [-0.2, -0.15) is 11.3 Å². The second-order valence-corrected chi connectivity index (χ2v) is 3.25. The molecule has 0 aliphatic heterocycles. The molecule has 1 aromatic rings. The van der Waals surface area contributed by atoms with Crippen molar-refractivity contribution < 1.29 is 5.11 Å². The third kappa shape index (κ3) is 1.82. The first-order valence-electron chi connectivity index (χ1n) is 3.47. The van der Waals surface area contributed by atoms with E-state index in [1.54, 1.807) is 11.3 Å². The van der Waals surface area contributed by atoms with E-state index in [9.17, 15) is 0 Å². The molecule has 0 radical (unpaired) electrons. The fourth-order valence-electron chi connectivity index (χ4n) is 0.916. The number of hydrogen-bond donors (Lipinski definition) is 1. The van der Waals surface area contributed by atoms with Crippen LogP contribution in [0.5, 0.6) is 0 Å². The van der Waals surface area contributed by atoms with Crippen molar-refractivity contribution in [2.24, 2.45) is 0 Å². The Hall–Kier alpha value is -0.340. The van der Waals surface area contributed by atoms with E-state index < -0.39 is 0 Å². The van der Waals surface area contributed by atoms with Gasteiger partial charge >= 0.3 is 0 Å². The van der Waals surface area contributed by atoms with Crippen LogP contribution in [0.15, 0.2) is 16.8 Å². The molecule has 0 spiro atoms. The van der Waals surface area contributed by atoms with Crippen LogP contribution in [0.1, 0.15) is 24.8 Å². The molecule has 0 saturated carbocycles. The number of aliphatic hydroxyl groups excluding tert-OH is 1. The second kappa shape index (κ2) is 3.74. The summed E-state index contributed by atoms with van der Waals surface area (Å²) in [4.78, 5) is 0. The zero-order chi connectivity index (χ0) is 7.40. The van der Waals surface area contributed by atoms with E-state index in [4.69, 9.17) is 5.11 Å². The first kappa shape index (κ1) is 7.76. The topological polar surface area (TPSA) is 20.2 Å². The summed E-state index contributed by atoms with van der Waals surface area (Å²) in [5.74, 6) is 0.510. The summed E-state index contributed by atoms with van der Waals surface area (Å²) in [5, 5.41) is 12.9. The van der Waals surface area contributed by atoms with Crippen LogP contribution < -0.4 is 0 Å². The summed E-state index contributed by atoms with van der Waals surface area (Å²) in [5.41, 5.74) is 1.35. The highest BCUT2D eigenvalue weighted by Gasteiger charge is 2.03. The zero-order valence-corrected chi connectivity index (χ0v) is 6.90. The molecule has 2 heteroatoms. The maximum atomic E-state index is 8.64. The molecular weight excluding hydrogens is 144 g/mol. The SMILES string of the molecule is CC(CCO)c1ccsc1. The molecular formula is C8H12OS. The van der Waals surface area contributed by atoms with Gasteiger partial charge in [0.05, 0.1) is 0 Å². The molecule has 1 heterocycles. The van der Waals surface area contributed by atoms with Crippen LogP contribution in [0.25, 0.3) is 0 Å². The number of hydrogen-bond acceptors (Lipinski definition) is 2. The van der Waals surface area contributed by atoms with Crippen molar-refractivity contribution in [3.63, 3.8) is 0 Å². The molecule has 56 valence electrons. The Morgan fingerprint density at radius 2 is 2.50 bits per heavy atom. The summed E-state index contributed by atoms with van der Waals surface area (Å²) >= 11 is 1.71. The summed E-state index contributed by atoms with van der Waals surface area (Å²) < 4.78 is 0.